The molecule has 1 amide bonds. The fraction of sp³-hybridized carbons (Fsp3) is 0.250. The zero-order chi connectivity index (χ0) is 19.1. The third kappa shape index (κ3) is 2.85. The van der Waals surface area contributed by atoms with Crippen LogP contribution in [0, 0.1) is 18.8 Å². The van der Waals surface area contributed by atoms with Crippen LogP contribution in [0.2, 0.25) is 0 Å². The second-order valence-electron chi connectivity index (χ2n) is 6.78. The topological polar surface area (TPSA) is 74.9 Å². The zero-order valence-corrected chi connectivity index (χ0v) is 14.7. The molecule has 1 aliphatic heterocycles. The highest BCUT2D eigenvalue weighted by Gasteiger charge is 2.41. The van der Waals surface area contributed by atoms with E-state index in [0.29, 0.717) is 11.3 Å². The lowest BCUT2D eigenvalue weighted by molar-refractivity contribution is -0.141. The van der Waals surface area contributed by atoms with Crippen molar-refractivity contribution >= 4 is 17.5 Å². The number of carbonyl (C=O) groups is 2. The van der Waals surface area contributed by atoms with Gasteiger partial charge in [0.25, 0.3) is 5.91 Å². The van der Waals surface area contributed by atoms with E-state index in [4.69, 9.17) is 0 Å². The number of rotatable bonds is 3. The third-order valence-electron chi connectivity index (χ3n) is 5.14. The van der Waals surface area contributed by atoms with Crippen molar-refractivity contribution in [1.29, 1.82) is 0 Å². The predicted octanol–water partition coefficient (Wildman–Crippen LogP) is 2.72. The fourth-order valence-electron chi connectivity index (χ4n) is 3.76. The highest BCUT2D eigenvalue weighted by Crippen LogP contribution is 2.34. The monoisotopic (exact) mass is 367 g/mol. The van der Waals surface area contributed by atoms with Crippen molar-refractivity contribution in [2.45, 2.75) is 12.8 Å². The molecule has 2 aromatic heterocycles. The van der Waals surface area contributed by atoms with Gasteiger partial charge in [-0.3, -0.25) is 14.0 Å². The van der Waals surface area contributed by atoms with Crippen LogP contribution in [0.15, 0.2) is 48.5 Å². The van der Waals surface area contributed by atoms with Crippen LogP contribution in [0.3, 0.4) is 0 Å². The van der Waals surface area contributed by atoms with Crippen LogP contribution in [0.25, 0.3) is 5.65 Å². The lowest BCUT2D eigenvalue weighted by atomic mass is 9.89. The van der Waals surface area contributed by atoms with Gasteiger partial charge >= 0.3 is 5.97 Å². The van der Waals surface area contributed by atoms with E-state index >= 15 is 0 Å². The maximum Gasteiger partial charge on any atom is 0.308 e. The van der Waals surface area contributed by atoms with Gasteiger partial charge in [-0.05, 0) is 24.6 Å². The number of aliphatic carboxylic acids is 1. The molecule has 3 heterocycles. The van der Waals surface area contributed by atoms with Crippen LogP contribution in [0.4, 0.5) is 4.39 Å². The van der Waals surface area contributed by atoms with Crippen molar-refractivity contribution in [3.63, 3.8) is 0 Å². The first-order valence-corrected chi connectivity index (χ1v) is 8.68. The van der Waals surface area contributed by atoms with Gasteiger partial charge in [0.2, 0.25) is 5.95 Å². The van der Waals surface area contributed by atoms with E-state index in [0.717, 1.165) is 5.56 Å². The minimum Gasteiger partial charge on any atom is -0.481 e. The number of fused-ring (bicyclic) bond motifs is 1. The number of amides is 1. The summed E-state index contributed by atoms with van der Waals surface area (Å²) >= 11 is 0. The largest absolute Gasteiger partial charge is 0.481 e. The van der Waals surface area contributed by atoms with E-state index in [-0.39, 0.29) is 24.7 Å². The molecule has 3 aromatic rings. The Bertz CT molecular complexity index is 1030. The van der Waals surface area contributed by atoms with E-state index in [2.05, 4.69) is 4.98 Å². The molecule has 1 N–H and O–H groups in total. The summed E-state index contributed by atoms with van der Waals surface area (Å²) in [5, 5.41) is 9.59. The summed E-state index contributed by atoms with van der Waals surface area (Å²) < 4.78 is 16.1. The Balaban J connectivity index is 1.68. The summed E-state index contributed by atoms with van der Waals surface area (Å²) in [6, 6.07) is 14.3. The number of pyridine rings is 1. The van der Waals surface area contributed by atoms with Gasteiger partial charge in [-0.25, -0.2) is 4.98 Å². The first kappa shape index (κ1) is 17.2. The van der Waals surface area contributed by atoms with Crippen LogP contribution < -0.4 is 0 Å². The summed E-state index contributed by atoms with van der Waals surface area (Å²) in [6.45, 7) is 1.97. The van der Waals surface area contributed by atoms with Crippen molar-refractivity contribution in [2.24, 2.45) is 5.92 Å². The molecule has 0 spiro atoms. The second kappa shape index (κ2) is 6.50. The summed E-state index contributed by atoms with van der Waals surface area (Å²) in [4.78, 5) is 30.1. The molecule has 6 nitrogen and oxygen atoms in total. The maximum absolute atomic E-state index is 14.8. The van der Waals surface area contributed by atoms with Crippen molar-refractivity contribution in [1.82, 2.24) is 14.3 Å². The number of carboxylic acid groups (broad SMARTS) is 1. The molecular formula is C20H18FN3O3. The number of imidazole rings is 1. The Labute approximate surface area is 154 Å². The number of likely N-dealkylation sites (tertiary alicyclic amines) is 1. The van der Waals surface area contributed by atoms with E-state index in [1.54, 1.807) is 25.1 Å². The third-order valence-corrected chi connectivity index (χ3v) is 5.14. The Morgan fingerprint density at radius 1 is 1.11 bits per heavy atom. The summed E-state index contributed by atoms with van der Waals surface area (Å²) in [6.07, 6.45) is 0. The van der Waals surface area contributed by atoms with Crippen molar-refractivity contribution in [3.8, 4) is 0 Å². The molecule has 0 unspecified atom stereocenters. The molecule has 4 rings (SSSR count). The highest BCUT2D eigenvalue weighted by molar-refractivity contribution is 5.94. The number of aromatic nitrogens is 2. The van der Waals surface area contributed by atoms with Crippen LogP contribution >= 0.6 is 0 Å². The number of aryl methyl sites for hydroxylation is 1. The average Bonchev–Trinajstić information content (AvgIpc) is 3.25. The molecule has 27 heavy (non-hydrogen) atoms. The van der Waals surface area contributed by atoms with E-state index in [1.807, 2.05) is 30.3 Å². The van der Waals surface area contributed by atoms with Gasteiger partial charge in [0.1, 0.15) is 5.65 Å². The van der Waals surface area contributed by atoms with E-state index in [1.165, 1.54) is 9.30 Å². The number of carbonyl (C=O) groups excluding carboxylic acids is 1. The van der Waals surface area contributed by atoms with Gasteiger partial charge in [0.15, 0.2) is 5.69 Å². The molecule has 0 saturated carbocycles. The van der Waals surface area contributed by atoms with Gasteiger partial charge in [0.05, 0.1) is 5.92 Å². The molecule has 0 bridgehead atoms. The van der Waals surface area contributed by atoms with Gasteiger partial charge in [-0.1, -0.05) is 36.4 Å². The first-order valence-electron chi connectivity index (χ1n) is 8.68. The molecule has 7 heteroatoms. The number of halogens is 1. The molecule has 1 aromatic carbocycles. The second-order valence-corrected chi connectivity index (χ2v) is 6.78. The lowest BCUT2D eigenvalue weighted by Gasteiger charge is -2.15. The minimum atomic E-state index is -0.967. The molecule has 1 fully saturated rings. The standard InChI is InChI=1S/C20H18FN3O3/c1-12-6-5-9-16-22-17(18(21)24(12)16)19(25)23-10-14(15(11-23)20(26)27)13-7-3-2-4-8-13/h2-9,14-15H,10-11H2,1H3,(H,26,27)/t14-,15+/m1/s1. The Morgan fingerprint density at radius 3 is 2.52 bits per heavy atom. The Kier molecular flexibility index (Phi) is 4.14. The van der Waals surface area contributed by atoms with Crippen LogP contribution in [0.5, 0.6) is 0 Å². The van der Waals surface area contributed by atoms with Gasteiger partial charge in [-0.15, -0.1) is 0 Å². The summed E-state index contributed by atoms with van der Waals surface area (Å²) in [5.41, 5.74) is 1.56. The number of hydrogen-bond donors (Lipinski definition) is 1. The molecule has 2 atom stereocenters. The lowest BCUT2D eigenvalue weighted by Crippen LogP contribution is -2.30. The average molecular weight is 367 g/mol. The molecule has 1 saturated heterocycles. The van der Waals surface area contributed by atoms with Crippen molar-refractivity contribution < 1.29 is 19.1 Å². The zero-order valence-electron chi connectivity index (χ0n) is 14.7. The maximum atomic E-state index is 14.8. The quantitative estimate of drug-likeness (QED) is 0.772. The minimum absolute atomic E-state index is 0.0278. The Morgan fingerprint density at radius 2 is 1.85 bits per heavy atom. The van der Waals surface area contributed by atoms with E-state index in [9.17, 15) is 19.1 Å². The first-order chi connectivity index (χ1) is 13.0. The number of carboxylic acids is 1. The van der Waals surface area contributed by atoms with Crippen LogP contribution in [0.1, 0.15) is 27.7 Å². The normalized spacial score (nSPS) is 19.6. The number of hydrogen-bond acceptors (Lipinski definition) is 3. The molecular weight excluding hydrogens is 349 g/mol. The van der Waals surface area contributed by atoms with Crippen LogP contribution in [-0.4, -0.2) is 44.4 Å². The molecule has 138 valence electrons. The summed E-state index contributed by atoms with van der Waals surface area (Å²) in [5.74, 6) is -3.35. The SMILES string of the molecule is Cc1cccc2nc(C(=O)N3C[C@H](C(=O)O)[C@@H](c4ccccc4)C3)c(F)n12. The predicted molar refractivity (Wildman–Crippen MR) is 96.1 cm³/mol. The summed E-state index contributed by atoms with van der Waals surface area (Å²) in [7, 11) is 0. The molecule has 0 aliphatic carbocycles. The fourth-order valence-corrected chi connectivity index (χ4v) is 3.76. The van der Waals surface area contributed by atoms with Gasteiger partial charge in [-0.2, -0.15) is 4.39 Å². The number of benzene rings is 1. The van der Waals surface area contributed by atoms with Crippen molar-refractivity contribution in [2.75, 3.05) is 13.1 Å². The Hall–Kier alpha value is -3.22. The van der Waals surface area contributed by atoms with Gasteiger partial charge in [0, 0.05) is 24.7 Å². The van der Waals surface area contributed by atoms with Gasteiger partial charge < -0.3 is 10.0 Å². The molecule has 0 radical (unpaired) electrons. The highest BCUT2D eigenvalue weighted by atomic mass is 19.1. The smallest absolute Gasteiger partial charge is 0.308 e. The van der Waals surface area contributed by atoms with E-state index < -0.39 is 23.7 Å². The molecule has 1 aliphatic rings. The number of nitrogens with zero attached hydrogens (tertiary/aromatic N) is 3. The van der Waals surface area contributed by atoms with Crippen molar-refractivity contribution in [3.05, 3.63) is 71.4 Å². The van der Waals surface area contributed by atoms with Crippen LogP contribution in [-0.2, 0) is 4.79 Å².